The Morgan fingerprint density at radius 2 is 2.00 bits per heavy atom. The number of hydrogen-bond donors (Lipinski definition) is 3. The summed E-state index contributed by atoms with van der Waals surface area (Å²) in [6, 6.07) is 0.141. The van der Waals surface area contributed by atoms with Gasteiger partial charge >= 0.3 is 0 Å². The zero-order valence-corrected chi connectivity index (χ0v) is 7.21. The second kappa shape index (κ2) is 3.41. The molecule has 1 fully saturated rings. The number of aliphatic hydroxyl groups excluding tert-OH is 2. The second-order valence-electron chi connectivity index (χ2n) is 3.62. The molecule has 70 valence electrons. The summed E-state index contributed by atoms with van der Waals surface area (Å²) in [5.41, 5.74) is -0.340. The third-order valence-electron chi connectivity index (χ3n) is 2.44. The minimum Gasteiger partial charge on any atom is -0.396 e. The summed E-state index contributed by atoms with van der Waals surface area (Å²) in [5, 5.41) is 20.6. The van der Waals surface area contributed by atoms with Crippen LogP contribution in [0.5, 0.6) is 0 Å². The fraction of sp³-hybridized carbons (Fsp3) is 0.875. The number of nitrogens with one attached hydrogen (secondary N) is 1. The van der Waals surface area contributed by atoms with Gasteiger partial charge in [-0.1, -0.05) is 0 Å². The molecule has 0 aliphatic heterocycles. The predicted molar refractivity (Wildman–Crippen MR) is 43.4 cm³/mol. The predicted octanol–water partition coefficient (Wildman–Crippen LogP) is -0.744. The summed E-state index contributed by atoms with van der Waals surface area (Å²) in [5.74, 6) is -0.0514. The van der Waals surface area contributed by atoms with Crippen molar-refractivity contribution in [1.29, 1.82) is 0 Å². The van der Waals surface area contributed by atoms with Crippen LogP contribution in [-0.2, 0) is 4.79 Å². The van der Waals surface area contributed by atoms with Gasteiger partial charge in [-0.2, -0.15) is 0 Å². The van der Waals surface area contributed by atoms with E-state index in [1.165, 1.54) is 6.92 Å². The normalized spacial score (nSPS) is 21.6. The maximum absolute atomic E-state index is 10.6. The van der Waals surface area contributed by atoms with Crippen molar-refractivity contribution in [2.75, 3.05) is 13.2 Å². The van der Waals surface area contributed by atoms with Crippen LogP contribution in [0.25, 0.3) is 0 Å². The number of carbonyl (C=O) groups is 1. The molecule has 1 amide bonds. The molecule has 1 saturated carbocycles. The zero-order valence-electron chi connectivity index (χ0n) is 7.21. The molecule has 0 atom stereocenters. The number of hydrogen-bond acceptors (Lipinski definition) is 3. The van der Waals surface area contributed by atoms with Crippen molar-refractivity contribution in [1.82, 2.24) is 5.32 Å². The van der Waals surface area contributed by atoms with E-state index in [2.05, 4.69) is 5.32 Å². The van der Waals surface area contributed by atoms with E-state index in [4.69, 9.17) is 10.2 Å². The van der Waals surface area contributed by atoms with Gasteiger partial charge in [0.1, 0.15) is 0 Å². The SMILES string of the molecule is CC(=O)NC1CC(CO)(CO)C1. The summed E-state index contributed by atoms with van der Waals surface area (Å²) in [7, 11) is 0. The van der Waals surface area contributed by atoms with Crippen LogP contribution < -0.4 is 5.32 Å². The number of carbonyl (C=O) groups excluding carboxylic acids is 1. The lowest BCUT2D eigenvalue weighted by atomic mass is 9.66. The van der Waals surface area contributed by atoms with Crippen molar-refractivity contribution in [2.45, 2.75) is 25.8 Å². The largest absolute Gasteiger partial charge is 0.396 e. The van der Waals surface area contributed by atoms with Gasteiger partial charge in [0.05, 0.1) is 13.2 Å². The highest BCUT2D eigenvalue weighted by Crippen LogP contribution is 2.39. The molecule has 0 bridgehead atoms. The van der Waals surface area contributed by atoms with Crippen molar-refractivity contribution < 1.29 is 15.0 Å². The van der Waals surface area contributed by atoms with E-state index in [0.29, 0.717) is 12.8 Å². The smallest absolute Gasteiger partial charge is 0.217 e. The first-order valence-electron chi connectivity index (χ1n) is 4.11. The highest BCUT2D eigenvalue weighted by molar-refractivity contribution is 5.73. The molecule has 0 spiro atoms. The molecule has 1 aliphatic carbocycles. The molecule has 0 aromatic rings. The summed E-state index contributed by atoms with van der Waals surface area (Å²) < 4.78 is 0. The lowest BCUT2D eigenvalue weighted by Gasteiger charge is -2.45. The summed E-state index contributed by atoms with van der Waals surface area (Å²) in [4.78, 5) is 10.6. The van der Waals surface area contributed by atoms with Crippen LogP contribution in [0.15, 0.2) is 0 Å². The van der Waals surface area contributed by atoms with Crippen LogP contribution in [0.1, 0.15) is 19.8 Å². The van der Waals surface area contributed by atoms with E-state index in [-0.39, 0.29) is 30.6 Å². The van der Waals surface area contributed by atoms with E-state index in [1.54, 1.807) is 0 Å². The molecule has 0 aromatic carbocycles. The Morgan fingerprint density at radius 1 is 1.50 bits per heavy atom. The van der Waals surface area contributed by atoms with E-state index < -0.39 is 0 Å². The fourth-order valence-electron chi connectivity index (χ4n) is 1.68. The van der Waals surface area contributed by atoms with Gasteiger partial charge in [-0.25, -0.2) is 0 Å². The van der Waals surface area contributed by atoms with Gasteiger partial charge in [-0.15, -0.1) is 0 Å². The molecule has 4 nitrogen and oxygen atoms in total. The van der Waals surface area contributed by atoms with Crippen molar-refractivity contribution >= 4 is 5.91 Å². The Morgan fingerprint density at radius 3 is 2.33 bits per heavy atom. The van der Waals surface area contributed by atoms with Gasteiger partial charge in [0.2, 0.25) is 5.91 Å². The molecule has 12 heavy (non-hydrogen) atoms. The molecule has 0 heterocycles. The summed E-state index contributed by atoms with van der Waals surface area (Å²) in [6.45, 7) is 1.47. The first-order chi connectivity index (χ1) is 5.62. The Labute approximate surface area is 71.6 Å². The molecule has 1 aliphatic rings. The maximum atomic E-state index is 10.6. The Bertz CT molecular complexity index is 169. The minimum atomic E-state index is -0.340. The molecule has 0 aromatic heterocycles. The third kappa shape index (κ3) is 1.76. The van der Waals surface area contributed by atoms with Crippen molar-refractivity contribution in [3.05, 3.63) is 0 Å². The lowest BCUT2D eigenvalue weighted by Crippen LogP contribution is -2.53. The Balaban J connectivity index is 2.30. The van der Waals surface area contributed by atoms with Crippen LogP contribution in [0.2, 0.25) is 0 Å². The lowest BCUT2D eigenvalue weighted by molar-refractivity contribution is -0.122. The van der Waals surface area contributed by atoms with Gasteiger partial charge < -0.3 is 15.5 Å². The van der Waals surface area contributed by atoms with Crippen LogP contribution in [0, 0.1) is 5.41 Å². The topological polar surface area (TPSA) is 69.6 Å². The molecule has 1 rings (SSSR count). The Kier molecular flexibility index (Phi) is 2.69. The van der Waals surface area contributed by atoms with Gasteiger partial charge in [0.25, 0.3) is 0 Å². The van der Waals surface area contributed by atoms with Crippen molar-refractivity contribution in [3.63, 3.8) is 0 Å². The van der Waals surface area contributed by atoms with Crippen LogP contribution in [-0.4, -0.2) is 35.4 Å². The monoisotopic (exact) mass is 173 g/mol. The number of amides is 1. The molecule has 0 saturated heterocycles. The second-order valence-corrected chi connectivity index (χ2v) is 3.62. The third-order valence-corrected chi connectivity index (χ3v) is 2.44. The highest BCUT2D eigenvalue weighted by atomic mass is 16.3. The summed E-state index contributed by atoms with van der Waals surface area (Å²) >= 11 is 0. The molecule has 3 N–H and O–H groups in total. The van der Waals surface area contributed by atoms with Crippen LogP contribution in [0.3, 0.4) is 0 Å². The quantitative estimate of drug-likeness (QED) is 0.526. The molecule has 4 heteroatoms. The average molecular weight is 173 g/mol. The molecule has 0 unspecified atom stereocenters. The van der Waals surface area contributed by atoms with E-state index in [1.807, 2.05) is 0 Å². The highest BCUT2D eigenvalue weighted by Gasteiger charge is 2.43. The van der Waals surface area contributed by atoms with Gasteiger partial charge in [-0.05, 0) is 12.8 Å². The fourth-order valence-corrected chi connectivity index (χ4v) is 1.68. The van der Waals surface area contributed by atoms with Gasteiger partial charge in [0.15, 0.2) is 0 Å². The number of aliphatic hydroxyl groups is 2. The van der Waals surface area contributed by atoms with Gasteiger partial charge in [-0.3, -0.25) is 4.79 Å². The molecule has 0 radical (unpaired) electrons. The van der Waals surface area contributed by atoms with Crippen LogP contribution in [0.4, 0.5) is 0 Å². The molecular weight excluding hydrogens is 158 g/mol. The first-order valence-corrected chi connectivity index (χ1v) is 4.11. The summed E-state index contributed by atoms with van der Waals surface area (Å²) in [6.07, 6.45) is 1.36. The standard InChI is InChI=1S/C8H15NO3/c1-6(12)9-7-2-8(3-7,4-10)5-11/h7,10-11H,2-5H2,1H3,(H,9,12). The number of rotatable bonds is 3. The van der Waals surface area contributed by atoms with E-state index in [9.17, 15) is 4.79 Å². The molecular formula is C8H15NO3. The van der Waals surface area contributed by atoms with E-state index in [0.717, 1.165) is 0 Å². The van der Waals surface area contributed by atoms with Crippen molar-refractivity contribution in [2.24, 2.45) is 5.41 Å². The zero-order chi connectivity index (χ0) is 9.19. The first kappa shape index (κ1) is 9.48. The van der Waals surface area contributed by atoms with Crippen molar-refractivity contribution in [3.8, 4) is 0 Å². The minimum absolute atomic E-state index is 0.000412. The van der Waals surface area contributed by atoms with Crippen LogP contribution >= 0.6 is 0 Å². The van der Waals surface area contributed by atoms with Gasteiger partial charge in [0, 0.05) is 18.4 Å². The van der Waals surface area contributed by atoms with E-state index >= 15 is 0 Å². The maximum Gasteiger partial charge on any atom is 0.217 e. The Hall–Kier alpha value is -0.610. The average Bonchev–Trinajstić information content (AvgIpc) is 1.95.